The fourth-order valence-corrected chi connectivity index (χ4v) is 7.15. The summed E-state index contributed by atoms with van der Waals surface area (Å²) >= 11 is 0. The highest BCUT2D eigenvalue weighted by molar-refractivity contribution is 7.47. The van der Waals surface area contributed by atoms with Crippen LogP contribution in [-0.2, 0) is 27.9 Å². The molecule has 0 bridgehead atoms. The van der Waals surface area contributed by atoms with Gasteiger partial charge in [-0.2, -0.15) is 0 Å². The predicted molar refractivity (Wildman–Crippen MR) is 242 cm³/mol. The van der Waals surface area contributed by atoms with E-state index in [4.69, 9.17) is 23.6 Å². The van der Waals surface area contributed by atoms with Crippen LogP contribution in [0.1, 0.15) is 206 Å². The summed E-state index contributed by atoms with van der Waals surface area (Å²) in [6.45, 7) is 3.48. The van der Waals surface area contributed by atoms with Crippen LogP contribution in [0.3, 0.4) is 0 Å². The number of aliphatic hydroxyl groups excluding tert-OH is 2. The molecule has 3 N–H and O–H groups in total. The molecule has 0 aliphatic heterocycles. The molecule has 0 aliphatic carbocycles. The van der Waals surface area contributed by atoms with Crippen molar-refractivity contribution in [2.75, 3.05) is 33.0 Å². The summed E-state index contributed by atoms with van der Waals surface area (Å²) in [7, 11) is -4.53. The van der Waals surface area contributed by atoms with E-state index >= 15 is 0 Å². The van der Waals surface area contributed by atoms with E-state index in [0.29, 0.717) is 13.0 Å². The minimum atomic E-state index is -4.53. The Morgan fingerprint density at radius 3 is 1.45 bits per heavy atom. The average molecular weight is 841 g/mol. The number of phosphoric acid groups is 1. The van der Waals surface area contributed by atoms with Crippen LogP contribution in [-0.4, -0.2) is 66.3 Å². The maximum Gasteiger partial charge on any atom is 0.472 e. The smallest absolute Gasteiger partial charge is 0.457 e. The third kappa shape index (κ3) is 44.0. The van der Waals surface area contributed by atoms with Gasteiger partial charge >= 0.3 is 13.8 Å². The monoisotopic (exact) mass is 841 g/mol. The van der Waals surface area contributed by atoms with E-state index in [1.165, 1.54) is 122 Å². The zero-order valence-corrected chi connectivity index (χ0v) is 38.2. The summed E-state index contributed by atoms with van der Waals surface area (Å²) in [5.74, 6) is -0.395. The lowest BCUT2D eigenvalue weighted by molar-refractivity contribution is -0.154. The summed E-state index contributed by atoms with van der Waals surface area (Å²) in [6, 6.07) is 0. The molecule has 0 radical (unpaired) electrons. The van der Waals surface area contributed by atoms with E-state index in [-0.39, 0.29) is 19.6 Å². The Hall–Kier alpha value is -1.58. The third-order valence-corrected chi connectivity index (χ3v) is 10.9. The van der Waals surface area contributed by atoms with E-state index in [1.807, 2.05) is 0 Å². The number of ether oxygens (including phenoxy) is 2. The summed E-state index contributed by atoms with van der Waals surface area (Å²) in [4.78, 5) is 22.6. The van der Waals surface area contributed by atoms with Gasteiger partial charge < -0.3 is 24.6 Å². The van der Waals surface area contributed by atoms with Crippen LogP contribution in [0.2, 0.25) is 0 Å². The van der Waals surface area contributed by atoms with E-state index in [9.17, 15) is 19.4 Å². The van der Waals surface area contributed by atoms with Crippen molar-refractivity contribution in [1.29, 1.82) is 0 Å². The average Bonchev–Trinajstić information content (AvgIpc) is 3.21. The summed E-state index contributed by atoms with van der Waals surface area (Å²) in [5.41, 5.74) is 0. The Morgan fingerprint density at radius 1 is 0.534 bits per heavy atom. The van der Waals surface area contributed by atoms with Gasteiger partial charge in [0.25, 0.3) is 0 Å². The first-order valence-electron chi connectivity index (χ1n) is 23.6. The quantitative estimate of drug-likeness (QED) is 0.0237. The Kier molecular flexibility index (Phi) is 43.7. The largest absolute Gasteiger partial charge is 0.472 e. The first kappa shape index (κ1) is 56.4. The molecule has 0 rings (SSSR count). The predicted octanol–water partition coefficient (Wildman–Crippen LogP) is 13.4. The molecule has 0 heterocycles. The first-order valence-corrected chi connectivity index (χ1v) is 25.1. The normalized spacial score (nSPS) is 14.4. The van der Waals surface area contributed by atoms with E-state index in [1.54, 1.807) is 0 Å². The highest BCUT2D eigenvalue weighted by atomic mass is 31.2. The molecule has 10 heteroatoms. The lowest BCUT2D eigenvalue weighted by Gasteiger charge is -2.20. The summed E-state index contributed by atoms with van der Waals surface area (Å²) in [5, 5.41) is 18.4. The van der Waals surface area contributed by atoms with E-state index in [2.05, 4.69) is 62.5 Å². The maximum absolute atomic E-state index is 12.6. The zero-order chi connectivity index (χ0) is 42.5. The van der Waals surface area contributed by atoms with Gasteiger partial charge in [0, 0.05) is 13.0 Å². The molecular formula is C48H89O9P. The molecule has 0 aromatic rings. The Labute approximate surface area is 356 Å². The Bertz CT molecular complexity index is 1040. The highest BCUT2D eigenvalue weighted by Crippen LogP contribution is 2.43. The van der Waals surface area contributed by atoms with Gasteiger partial charge in [-0.25, -0.2) is 4.57 Å². The summed E-state index contributed by atoms with van der Waals surface area (Å²) in [6.07, 6.45) is 50.6. The molecule has 0 aromatic carbocycles. The molecule has 58 heavy (non-hydrogen) atoms. The molecule has 0 amide bonds. The molecule has 0 saturated heterocycles. The molecule has 0 aromatic heterocycles. The van der Waals surface area contributed by atoms with Gasteiger partial charge in [-0.3, -0.25) is 13.8 Å². The van der Waals surface area contributed by atoms with Crippen LogP contribution in [0, 0.1) is 0 Å². The third-order valence-electron chi connectivity index (χ3n) is 9.99. The first-order chi connectivity index (χ1) is 28.3. The van der Waals surface area contributed by atoms with Crippen molar-refractivity contribution in [3.63, 3.8) is 0 Å². The number of aliphatic hydroxyl groups is 2. The van der Waals surface area contributed by atoms with Crippen molar-refractivity contribution >= 4 is 13.8 Å². The number of hydrogen-bond donors (Lipinski definition) is 3. The minimum Gasteiger partial charge on any atom is -0.457 e. The van der Waals surface area contributed by atoms with Crippen LogP contribution in [0.25, 0.3) is 0 Å². The van der Waals surface area contributed by atoms with Gasteiger partial charge in [-0.15, -0.1) is 0 Å². The fraction of sp³-hybridized carbons (Fsp3) is 0.812. The van der Waals surface area contributed by atoms with Gasteiger partial charge in [0.05, 0.1) is 26.4 Å². The minimum absolute atomic E-state index is 0.0414. The van der Waals surface area contributed by atoms with E-state index in [0.717, 1.165) is 57.8 Å². The van der Waals surface area contributed by atoms with Crippen molar-refractivity contribution in [2.45, 2.75) is 219 Å². The molecule has 0 spiro atoms. The number of allylic oxidation sites excluding steroid dienone is 8. The van der Waals surface area contributed by atoms with Gasteiger partial charge in [-0.1, -0.05) is 172 Å². The van der Waals surface area contributed by atoms with Crippen molar-refractivity contribution in [3.05, 3.63) is 48.6 Å². The van der Waals surface area contributed by atoms with Gasteiger partial charge in [0.15, 0.2) is 0 Å². The van der Waals surface area contributed by atoms with Crippen LogP contribution < -0.4 is 0 Å². The maximum atomic E-state index is 12.6. The number of carbonyl (C=O) groups is 1. The number of esters is 1. The number of unbranched alkanes of at least 4 members (excludes halogenated alkanes) is 23. The molecule has 0 saturated carbocycles. The number of hydrogen-bond acceptors (Lipinski definition) is 8. The van der Waals surface area contributed by atoms with Crippen molar-refractivity contribution < 1.29 is 43.0 Å². The zero-order valence-electron chi connectivity index (χ0n) is 37.3. The molecule has 3 unspecified atom stereocenters. The standard InChI is InChI=1S/C48H89O9P/c1-3-5-7-9-11-13-15-17-19-21-23-24-26-28-30-32-34-36-38-40-48(51)57-47(45-56-58(52,53)55-43-46(50)42-49)44-54-41-39-37-35-33-31-29-27-25-22-20-18-16-14-12-10-8-6-4-2/h11,13,17-20,23-24,46-47,49-50H,3-10,12,14-16,21-22,25-45H2,1-2H3,(H,52,53)/b13-11-,19-17-,20-18-,24-23-. The summed E-state index contributed by atoms with van der Waals surface area (Å²) < 4.78 is 33.4. The molecule has 3 atom stereocenters. The SMILES string of the molecule is CCCCC/C=C\C/C=C\C/C=C\CCCCCCCCC(=O)OC(COCCCCCCCCCC/C=C\CCCCCCCC)COP(=O)(O)OCC(O)CO. The lowest BCUT2D eigenvalue weighted by atomic mass is 10.1. The van der Waals surface area contributed by atoms with Crippen molar-refractivity contribution in [2.24, 2.45) is 0 Å². The molecule has 0 fully saturated rings. The molecule has 9 nitrogen and oxygen atoms in total. The van der Waals surface area contributed by atoms with Gasteiger partial charge in [0.1, 0.15) is 12.2 Å². The number of carbonyl (C=O) groups excluding carboxylic acids is 1. The molecule has 340 valence electrons. The van der Waals surface area contributed by atoms with E-state index < -0.39 is 39.2 Å². The van der Waals surface area contributed by atoms with Crippen LogP contribution in [0.15, 0.2) is 48.6 Å². The topological polar surface area (TPSA) is 132 Å². The Morgan fingerprint density at radius 2 is 0.931 bits per heavy atom. The van der Waals surface area contributed by atoms with Crippen LogP contribution in [0.5, 0.6) is 0 Å². The van der Waals surface area contributed by atoms with Crippen molar-refractivity contribution in [3.8, 4) is 0 Å². The number of phosphoric ester groups is 1. The number of rotatable bonds is 45. The lowest BCUT2D eigenvalue weighted by Crippen LogP contribution is -2.29. The highest BCUT2D eigenvalue weighted by Gasteiger charge is 2.26. The second-order valence-corrected chi connectivity index (χ2v) is 17.2. The van der Waals surface area contributed by atoms with Crippen LogP contribution >= 0.6 is 7.82 Å². The molecular weight excluding hydrogens is 751 g/mol. The second kappa shape index (κ2) is 45.0. The molecule has 0 aliphatic rings. The van der Waals surface area contributed by atoms with Gasteiger partial charge in [-0.05, 0) is 77.0 Å². The van der Waals surface area contributed by atoms with Crippen molar-refractivity contribution in [1.82, 2.24) is 0 Å². The second-order valence-electron chi connectivity index (χ2n) is 15.8. The van der Waals surface area contributed by atoms with Gasteiger partial charge in [0.2, 0.25) is 0 Å². The Balaban J connectivity index is 4.16. The fourth-order valence-electron chi connectivity index (χ4n) is 6.36. The van der Waals surface area contributed by atoms with Crippen LogP contribution in [0.4, 0.5) is 0 Å².